The number of halogens is 15. The van der Waals surface area contributed by atoms with Gasteiger partial charge in [-0.1, -0.05) is 125 Å². The van der Waals surface area contributed by atoms with Crippen LogP contribution in [-0.4, -0.2) is 226 Å². The number of guanidine groups is 2. The summed E-state index contributed by atoms with van der Waals surface area (Å²) in [6.45, 7) is 5.50. The van der Waals surface area contributed by atoms with Crippen LogP contribution in [0, 0.1) is 22.7 Å². The van der Waals surface area contributed by atoms with Gasteiger partial charge in [0.2, 0.25) is 70.9 Å². The van der Waals surface area contributed by atoms with E-state index in [1.807, 2.05) is 0 Å². The third kappa shape index (κ3) is 33.4. The molecule has 34 nitrogen and oxygen atoms in total. The van der Waals surface area contributed by atoms with Crippen molar-refractivity contribution >= 4 is 88.8 Å². The van der Waals surface area contributed by atoms with Gasteiger partial charge in [0.15, 0.2) is 11.9 Å². The molecular weight excluding hydrogens is 1930 g/mol. The molecule has 0 saturated carbocycles. The van der Waals surface area contributed by atoms with E-state index < -0.39 is 325 Å². The highest BCUT2D eigenvalue weighted by molar-refractivity contribution is 6.01. The molecule has 3 saturated heterocycles. The zero-order valence-corrected chi connectivity index (χ0v) is 79.2. The maximum Gasteiger partial charge on any atom is 0.416 e. The number of unbranched alkanes of at least 4 members (excludes halogenated alkanes) is 1. The molecular formula is C95H121F15N20O14. The molecule has 8 rings (SSSR count). The molecule has 0 radical (unpaired) electrons. The Bertz CT molecular complexity index is 5340. The van der Waals surface area contributed by atoms with E-state index in [4.69, 9.17) is 33.8 Å². The molecule has 5 aromatic rings. The summed E-state index contributed by atoms with van der Waals surface area (Å²) in [5.41, 5.74) is 12.5. The number of likely N-dealkylation sites (tertiary alicyclic amines) is 3. The predicted octanol–water partition coefficient (Wildman–Crippen LogP) is 6.79. The SMILES string of the molecule is CC[C@H](C)[C@H](N)C(=O)N[C@@H](CC(C)C)C(=O)N1CCC[C@H]1C(=O)N[C@@H](Cc1ccccc1C(F)(F)F)C(=O)N[C@@H](CCCCN)C(=O)N[C@@H](Cc1ccccc1C(F)(F)F)C(=O)N1CCC[C@H]1C(=O)N[C@@H](Cc1ccccc1C(F)(F)F)C(=O)N[C@@H](Cc1ccccc1C(F)(F)F)C(=O)N1CCC[C@H]1C(=O)N[C@@H](Cc1ccccc1C(F)(F)F)C(=O)N[C@@H](CCCNC(=N)N)C(=O)N[C@@H](CCCNC(=N)N)C(=O)O. The van der Waals surface area contributed by atoms with E-state index >= 15 is 73.1 Å². The van der Waals surface area contributed by atoms with E-state index in [2.05, 4.69) is 58.5 Å². The van der Waals surface area contributed by atoms with Crippen LogP contribution in [0.5, 0.6) is 0 Å². The van der Waals surface area contributed by atoms with E-state index in [-0.39, 0.29) is 102 Å². The second kappa shape index (κ2) is 52.2. The second-order valence-corrected chi connectivity index (χ2v) is 36.0. The minimum atomic E-state index is -5.28. The largest absolute Gasteiger partial charge is 0.480 e. The van der Waals surface area contributed by atoms with Crippen molar-refractivity contribution in [1.82, 2.24) is 73.2 Å². The predicted molar refractivity (Wildman–Crippen MR) is 493 cm³/mol. The normalized spacial score (nSPS) is 17.4. The lowest BCUT2D eigenvalue weighted by atomic mass is 9.96. The van der Waals surface area contributed by atoms with Crippen molar-refractivity contribution in [3.05, 3.63) is 177 Å². The first kappa shape index (κ1) is 116. The summed E-state index contributed by atoms with van der Waals surface area (Å²) in [5, 5.41) is 51.4. The number of aliphatic carboxylic acids is 1. The lowest BCUT2D eigenvalue weighted by Gasteiger charge is -2.33. The first-order valence-corrected chi connectivity index (χ1v) is 46.9. The van der Waals surface area contributed by atoms with Gasteiger partial charge in [-0.25, -0.2) is 4.79 Å². The summed E-state index contributed by atoms with van der Waals surface area (Å²) in [6, 6.07) is -6.59. The van der Waals surface area contributed by atoms with E-state index in [9.17, 15) is 60.2 Å². The lowest BCUT2D eigenvalue weighted by molar-refractivity contribution is -0.144. The molecule has 0 bridgehead atoms. The summed E-state index contributed by atoms with van der Waals surface area (Å²) in [4.78, 5) is 195. The van der Waals surface area contributed by atoms with Crippen LogP contribution >= 0.6 is 0 Å². The quantitative estimate of drug-likeness (QED) is 0.00824. The fourth-order valence-corrected chi connectivity index (χ4v) is 17.5. The van der Waals surface area contributed by atoms with Crippen molar-refractivity contribution < 1.29 is 133 Å². The molecule has 3 aliphatic heterocycles. The number of nitrogens with two attached hydrogens (primary N) is 4. The molecule has 0 aromatic heterocycles. The van der Waals surface area contributed by atoms with Gasteiger partial charge in [-0.15, -0.1) is 0 Å². The molecule has 5 aromatic carbocycles. The number of amides is 12. The molecule has 3 aliphatic rings. The van der Waals surface area contributed by atoms with Crippen LogP contribution < -0.4 is 81.4 Å². The van der Waals surface area contributed by atoms with Crippen molar-refractivity contribution in [2.45, 2.75) is 266 Å². The molecule has 790 valence electrons. The Morgan fingerprint density at radius 2 is 0.625 bits per heavy atom. The molecule has 14 atom stereocenters. The number of carboxylic acid groups (broad SMARTS) is 1. The van der Waals surface area contributed by atoms with E-state index in [1.165, 1.54) is 6.07 Å². The Morgan fingerprint density at radius 1 is 0.368 bits per heavy atom. The Balaban J connectivity index is 1.15. The van der Waals surface area contributed by atoms with Crippen LogP contribution in [0.3, 0.4) is 0 Å². The van der Waals surface area contributed by atoms with Crippen LogP contribution in [0.4, 0.5) is 65.9 Å². The van der Waals surface area contributed by atoms with Crippen LogP contribution in [0.25, 0.3) is 0 Å². The smallest absolute Gasteiger partial charge is 0.416 e. The highest BCUT2D eigenvalue weighted by atomic mass is 19.4. The summed E-state index contributed by atoms with van der Waals surface area (Å²) >= 11 is 0. The van der Waals surface area contributed by atoms with Crippen LogP contribution in [-0.2, 0) is 125 Å². The number of nitrogens with zero attached hydrogens (tertiary/aromatic N) is 3. The van der Waals surface area contributed by atoms with Crippen molar-refractivity contribution in [1.29, 1.82) is 10.8 Å². The molecule has 49 heteroatoms. The standard InChI is InChI=1S/C95H121F15N20O14/c1-5-52(4)75(112)84(139)127-69(45-51(2)3)85(140)128-42-20-36-72(128)81(136)122-66(46-53-23-6-11-28-58(53)91(96,97)98)78(133)119-63(33-16-17-39-111)77(132)125-70(49-56-26-9-14-31-61(56)94(105,106)107)86(141)129-43-21-38-74(129)83(138)124-68(48-55-25-8-13-30-60(55)93(102,103)104)80(135)126-71(50-57-27-10-15-32-62(57)95(108,109)110)87(142)130-44-22-37-73(130)82(137)123-67(47-54-24-7-12-29-59(54)92(99,100)101)79(134)120-64(34-18-40-117-89(113)114)76(131)121-65(88(143)144)35-19-41-118-90(115)116/h6-15,23-32,51-52,63-75H,5,16-22,33-50,111-112H2,1-4H3,(H,119,133)(H,120,134)(H,121,131)(H,122,136)(H,123,137)(H,124,138)(H,125,132)(H,126,135)(H,127,139)(H,143,144)(H4,113,114,117)(H4,115,116,118)/t52-,63-,64-,65-,66-,67-,68-,69-,70-,71-,72-,73-,74-,75-/m0/s1. The zero-order chi connectivity index (χ0) is 107. The maximum absolute atomic E-state index is 15.7. The Labute approximate surface area is 819 Å². The number of hydrogen-bond acceptors (Lipinski definition) is 17. The molecule has 3 heterocycles. The van der Waals surface area contributed by atoms with Crippen molar-refractivity contribution in [2.75, 3.05) is 39.3 Å². The Hall–Kier alpha value is -13.4. The Kier molecular flexibility index (Phi) is 42.0. The molecule has 3 fully saturated rings. The van der Waals surface area contributed by atoms with Gasteiger partial charge in [-0.3, -0.25) is 68.4 Å². The molecule has 0 unspecified atom stereocenters. The molecule has 144 heavy (non-hydrogen) atoms. The fourth-order valence-electron chi connectivity index (χ4n) is 17.5. The van der Waals surface area contributed by atoms with Crippen LogP contribution in [0.2, 0.25) is 0 Å². The van der Waals surface area contributed by atoms with Gasteiger partial charge in [0, 0.05) is 64.8 Å². The molecule has 0 spiro atoms. The number of carbonyl (C=O) groups is 13. The lowest BCUT2D eigenvalue weighted by Crippen LogP contribution is -2.61. The zero-order valence-electron chi connectivity index (χ0n) is 79.2. The first-order valence-electron chi connectivity index (χ1n) is 46.9. The Morgan fingerprint density at radius 3 is 0.903 bits per heavy atom. The molecule has 12 amide bonds. The minimum absolute atomic E-state index is 0.0243. The summed E-state index contributed by atoms with van der Waals surface area (Å²) < 4.78 is 226. The van der Waals surface area contributed by atoms with Crippen molar-refractivity contribution in [3.63, 3.8) is 0 Å². The number of benzene rings is 5. The van der Waals surface area contributed by atoms with Gasteiger partial charge < -0.3 is 101 Å². The first-order chi connectivity index (χ1) is 67.6. The van der Waals surface area contributed by atoms with Gasteiger partial charge in [0.1, 0.15) is 72.5 Å². The minimum Gasteiger partial charge on any atom is -0.480 e. The topological polar surface area (TPSA) is 536 Å². The average molecular weight is 2050 g/mol. The van der Waals surface area contributed by atoms with E-state index in [0.717, 1.165) is 89.8 Å². The fraction of sp³-hybridized carbons (Fsp3) is 0.526. The maximum atomic E-state index is 15.7. The molecule has 0 aliphatic carbocycles. The number of rotatable bonds is 48. The number of carboxylic acids is 1. The van der Waals surface area contributed by atoms with E-state index in [0.29, 0.717) is 46.6 Å². The van der Waals surface area contributed by atoms with Gasteiger partial charge in [0.25, 0.3) is 0 Å². The number of alkyl halides is 15. The van der Waals surface area contributed by atoms with Gasteiger partial charge in [-0.2, -0.15) is 65.9 Å². The molecule has 22 N–H and O–H groups in total. The summed E-state index contributed by atoms with van der Waals surface area (Å²) in [5.74, 6) is -18.5. The number of carbonyl (C=O) groups excluding carboxylic acids is 12. The second-order valence-electron chi connectivity index (χ2n) is 36.0. The highest BCUT2D eigenvalue weighted by Crippen LogP contribution is 2.39. The van der Waals surface area contributed by atoms with Crippen LogP contribution in [0.1, 0.15) is 180 Å². The van der Waals surface area contributed by atoms with E-state index in [1.54, 1.807) is 27.7 Å². The van der Waals surface area contributed by atoms with Gasteiger partial charge in [0.05, 0.1) is 33.9 Å². The highest BCUT2D eigenvalue weighted by Gasteiger charge is 2.49. The van der Waals surface area contributed by atoms with Crippen molar-refractivity contribution in [2.24, 2.45) is 34.8 Å². The summed E-state index contributed by atoms with van der Waals surface area (Å²) in [7, 11) is 0. The number of nitrogens with one attached hydrogen (secondary N) is 13. The van der Waals surface area contributed by atoms with Crippen LogP contribution in [0.15, 0.2) is 121 Å². The third-order valence-corrected chi connectivity index (χ3v) is 25.1. The average Bonchev–Trinajstić information content (AvgIpc) is 1.53. The number of hydrogen-bond donors (Lipinski definition) is 18. The van der Waals surface area contributed by atoms with Crippen molar-refractivity contribution in [3.8, 4) is 0 Å². The monoisotopic (exact) mass is 2050 g/mol. The third-order valence-electron chi connectivity index (χ3n) is 25.1. The van der Waals surface area contributed by atoms with Gasteiger partial charge >= 0.3 is 36.9 Å². The van der Waals surface area contributed by atoms with Gasteiger partial charge in [-0.05, 0) is 166 Å². The summed E-state index contributed by atoms with van der Waals surface area (Å²) in [6.07, 6.45) is -33.9.